The molecule has 0 fully saturated rings. The minimum absolute atomic E-state index is 0.659. The number of hydrogen-bond acceptors (Lipinski definition) is 3. The Hall–Kier alpha value is -1.06. The van der Waals surface area contributed by atoms with Crippen LogP contribution in [0.2, 0.25) is 0 Å². The van der Waals surface area contributed by atoms with Crippen LogP contribution in [-0.2, 0) is 6.54 Å². The molecule has 0 bridgehead atoms. The molecule has 0 aromatic heterocycles. The Morgan fingerprint density at radius 3 is 2.74 bits per heavy atom. The van der Waals surface area contributed by atoms with E-state index in [2.05, 4.69) is 43.2 Å². The number of hydrogen-bond donors (Lipinski definition) is 1. The van der Waals surface area contributed by atoms with Crippen molar-refractivity contribution in [1.29, 1.82) is 0 Å². The molecule has 3 nitrogen and oxygen atoms in total. The van der Waals surface area contributed by atoms with Crippen molar-refractivity contribution in [3.05, 3.63) is 29.8 Å². The first-order chi connectivity index (χ1) is 9.17. The van der Waals surface area contributed by atoms with E-state index in [1.54, 1.807) is 7.11 Å². The van der Waals surface area contributed by atoms with Crippen LogP contribution < -0.4 is 10.1 Å². The standard InChI is InChI=1S/C16H28N2O/c1-5-10-17-11-14(2)12-18(3)13-15-8-6-7-9-16(15)19-4/h6-9,14,17H,5,10-13H2,1-4H3. The van der Waals surface area contributed by atoms with Crippen LogP contribution in [0, 0.1) is 5.92 Å². The van der Waals surface area contributed by atoms with E-state index >= 15 is 0 Å². The first-order valence-electron chi connectivity index (χ1n) is 7.18. The molecule has 1 aromatic rings. The third kappa shape index (κ3) is 6.08. The summed E-state index contributed by atoms with van der Waals surface area (Å²) in [4.78, 5) is 2.36. The number of para-hydroxylation sites is 1. The van der Waals surface area contributed by atoms with Gasteiger partial charge in [0.15, 0.2) is 0 Å². The van der Waals surface area contributed by atoms with Gasteiger partial charge in [-0.05, 0) is 38.5 Å². The number of benzene rings is 1. The summed E-state index contributed by atoms with van der Waals surface area (Å²) in [6.45, 7) is 8.72. The van der Waals surface area contributed by atoms with Crippen molar-refractivity contribution < 1.29 is 4.74 Å². The fraction of sp³-hybridized carbons (Fsp3) is 0.625. The van der Waals surface area contributed by atoms with E-state index in [-0.39, 0.29) is 0 Å². The molecule has 1 N–H and O–H groups in total. The smallest absolute Gasteiger partial charge is 0.123 e. The number of nitrogens with one attached hydrogen (secondary N) is 1. The Balaban J connectivity index is 2.39. The molecule has 0 radical (unpaired) electrons. The number of nitrogens with zero attached hydrogens (tertiary/aromatic N) is 1. The molecule has 0 saturated heterocycles. The zero-order valence-corrected chi connectivity index (χ0v) is 12.8. The highest BCUT2D eigenvalue weighted by atomic mass is 16.5. The number of methoxy groups -OCH3 is 1. The monoisotopic (exact) mass is 264 g/mol. The SMILES string of the molecule is CCCNCC(C)CN(C)Cc1ccccc1OC. The van der Waals surface area contributed by atoms with Crippen LogP contribution in [0.5, 0.6) is 5.75 Å². The van der Waals surface area contributed by atoms with Crippen molar-refractivity contribution in [2.24, 2.45) is 5.92 Å². The van der Waals surface area contributed by atoms with Crippen LogP contribution in [0.15, 0.2) is 24.3 Å². The predicted molar refractivity (Wildman–Crippen MR) is 81.7 cm³/mol. The zero-order chi connectivity index (χ0) is 14.1. The van der Waals surface area contributed by atoms with Gasteiger partial charge in [-0.2, -0.15) is 0 Å². The van der Waals surface area contributed by atoms with Gasteiger partial charge in [0, 0.05) is 18.7 Å². The van der Waals surface area contributed by atoms with Crippen molar-refractivity contribution in [3.63, 3.8) is 0 Å². The number of rotatable bonds is 9. The second-order valence-electron chi connectivity index (χ2n) is 5.32. The van der Waals surface area contributed by atoms with Crippen molar-refractivity contribution in [2.75, 3.05) is 33.8 Å². The summed E-state index contributed by atoms with van der Waals surface area (Å²) in [5.41, 5.74) is 1.25. The van der Waals surface area contributed by atoms with E-state index in [0.717, 1.165) is 31.9 Å². The first-order valence-corrected chi connectivity index (χ1v) is 7.18. The first kappa shape index (κ1) is 16.0. The van der Waals surface area contributed by atoms with E-state index in [1.165, 1.54) is 12.0 Å². The number of ether oxygens (including phenoxy) is 1. The molecule has 1 atom stereocenters. The highest BCUT2D eigenvalue weighted by Crippen LogP contribution is 2.18. The third-order valence-electron chi connectivity index (χ3n) is 3.18. The molecule has 0 saturated carbocycles. The lowest BCUT2D eigenvalue weighted by molar-refractivity contribution is 0.270. The van der Waals surface area contributed by atoms with Gasteiger partial charge < -0.3 is 15.0 Å². The van der Waals surface area contributed by atoms with Gasteiger partial charge in [0.25, 0.3) is 0 Å². The highest BCUT2D eigenvalue weighted by Gasteiger charge is 2.09. The van der Waals surface area contributed by atoms with Crippen LogP contribution in [0.4, 0.5) is 0 Å². The molecule has 0 aliphatic heterocycles. The Morgan fingerprint density at radius 2 is 2.05 bits per heavy atom. The maximum Gasteiger partial charge on any atom is 0.123 e. The van der Waals surface area contributed by atoms with Gasteiger partial charge in [-0.15, -0.1) is 0 Å². The molecule has 0 aliphatic rings. The minimum atomic E-state index is 0.659. The second kappa shape index (κ2) is 8.94. The van der Waals surface area contributed by atoms with Gasteiger partial charge in [0.05, 0.1) is 7.11 Å². The van der Waals surface area contributed by atoms with Gasteiger partial charge in [0.2, 0.25) is 0 Å². The topological polar surface area (TPSA) is 24.5 Å². The summed E-state index contributed by atoms with van der Waals surface area (Å²) in [6.07, 6.45) is 1.20. The van der Waals surface area contributed by atoms with Crippen LogP contribution in [-0.4, -0.2) is 38.7 Å². The summed E-state index contributed by atoms with van der Waals surface area (Å²) in [6, 6.07) is 8.24. The molecule has 0 spiro atoms. The predicted octanol–water partition coefficient (Wildman–Crippen LogP) is 2.76. The molecule has 1 unspecified atom stereocenters. The van der Waals surface area contributed by atoms with Gasteiger partial charge in [-0.25, -0.2) is 0 Å². The molecule has 108 valence electrons. The summed E-state index contributed by atoms with van der Waals surface area (Å²) >= 11 is 0. The van der Waals surface area contributed by atoms with E-state index in [1.807, 2.05) is 12.1 Å². The van der Waals surface area contributed by atoms with E-state index in [4.69, 9.17) is 4.74 Å². The molecule has 0 amide bonds. The lowest BCUT2D eigenvalue weighted by atomic mass is 10.1. The fourth-order valence-electron chi connectivity index (χ4n) is 2.31. The normalized spacial score (nSPS) is 12.7. The lowest BCUT2D eigenvalue weighted by Gasteiger charge is -2.22. The van der Waals surface area contributed by atoms with E-state index < -0.39 is 0 Å². The largest absolute Gasteiger partial charge is 0.496 e. The zero-order valence-electron chi connectivity index (χ0n) is 12.8. The summed E-state index contributed by atoms with van der Waals surface area (Å²) < 4.78 is 5.39. The molecule has 0 heterocycles. The maximum absolute atomic E-state index is 5.39. The fourth-order valence-corrected chi connectivity index (χ4v) is 2.31. The summed E-state index contributed by atoms with van der Waals surface area (Å²) in [5, 5.41) is 3.48. The molecule has 1 rings (SSSR count). The lowest BCUT2D eigenvalue weighted by Crippen LogP contribution is -2.31. The van der Waals surface area contributed by atoms with Crippen LogP contribution in [0.3, 0.4) is 0 Å². The van der Waals surface area contributed by atoms with Crippen LogP contribution >= 0.6 is 0 Å². The molecule has 0 aliphatic carbocycles. The second-order valence-corrected chi connectivity index (χ2v) is 5.32. The van der Waals surface area contributed by atoms with Crippen molar-refractivity contribution in [1.82, 2.24) is 10.2 Å². The average Bonchev–Trinajstić information content (AvgIpc) is 2.39. The Bertz CT molecular complexity index is 354. The van der Waals surface area contributed by atoms with Crippen molar-refractivity contribution in [2.45, 2.75) is 26.8 Å². The van der Waals surface area contributed by atoms with E-state index in [0.29, 0.717) is 5.92 Å². The summed E-state index contributed by atoms with van der Waals surface area (Å²) in [5.74, 6) is 1.64. The molecule has 19 heavy (non-hydrogen) atoms. The van der Waals surface area contributed by atoms with Gasteiger partial charge >= 0.3 is 0 Å². The van der Waals surface area contributed by atoms with Crippen molar-refractivity contribution in [3.8, 4) is 5.75 Å². The Kier molecular flexibility index (Phi) is 7.53. The maximum atomic E-state index is 5.39. The molecule has 1 aromatic carbocycles. The minimum Gasteiger partial charge on any atom is -0.496 e. The van der Waals surface area contributed by atoms with Gasteiger partial charge in [-0.1, -0.05) is 32.0 Å². The van der Waals surface area contributed by atoms with Crippen molar-refractivity contribution >= 4 is 0 Å². The summed E-state index contributed by atoms with van der Waals surface area (Å²) in [7, 11) is 3.90. The Labute approximate surface area is 118 Å². The molecular formula is C16H28N2O. The van der Waals surface area contributed by atoms with E-state index in [9.17, 15) is 0 Å². The quantitative estimate of drug-likeness (QED) is 0.694. The van der Waals surface area contributed by atoms with Gasteiger partial charge in [-0.3, -0.25) is 0 Å². The van der Waals surface area contributed by atoms with Crippen LogP contribution in [0.25, 0.3) is 0 Å². The average molecular weight is 264 g/mol. The Morgan fingerprint density at radius 1 is 1.32 bits per heavy atom. The van der Waals surface area contributed by atoms with Gasteiger partial charge in [0.1, 0.15) is 5.75 Å². The molecular weight excluding hydrogens is 236 g/mol. The third-order valence-corrected chi connectivity index (χ3v) is 3.18. The highest BCUT2D eigenvalue weighted by molar-refractivity contribution is 5.32. The molecule has 3 heteroatoms. The van der Waals surface area contributed by atoms with Crippen LogP contribution in [0.1, 0.15) is 25.8 Å².